The molecule has 24 heavy (non-hydrogen) atoms. The number of hydrogen-bond donors (Lipinski definition) is 0. The Kier molecular flexibility index (Phi) is 4.32. The Bertz CT molecular complexity index is 837. The predicted molar refractivity (Wildman–Crippen MR) is 75.5 cm³/mol. The highest BCUT2D eigenvalue weighted by molar-refractivity contribution is 5.67. The third-order valence-electron chi connectivity index (χ3n) is 3.02. The summed E-state index contributed by atoms with van der Waals surface area (Å²) < 4.78 is 54.6. The average Bonchev–Trinajstić information content (AvgIpc) is 3.05. The lowest BCUT2D eigenvalue weighted by atomic mass is 10.1. The fourth-order valence-corrected chi connectivity index (χ4v) is 1.90. The molecule has 124 valence electrons. The van der Waals surface area contributed by atoms with Crippen molar-refractivity contribution in [2.45, 2.75) is 6.43 Å². The van der Waals surface area contributed by atoms with Crippen LogP contribution >= 0.6 is 0 Å². The summed E-state index contributed by atoms with van der Waals surface area (Å²) in [7, 11) is 1.45. The van der Waals surface area contributed by atoms with E-state index in [0.717, 1.165) is 12.1 Å². The van der Waals surface area contributed by atoms with Crippen LogP contribution in [0.25, 0.3) is 11.3 Å². The summed E-state index contributed by atoms with van der Waals surface area (Å²) in [6.07, 6.45) is -0.0986. The summed E-state index contributed by atoms with van der Waals surface area (Å²) >= 11 is 0. The Labute approximate surface area is 133 Å². The highest BCUT2D eigenvalue weighted by Crippen LogP contribution is 2.36. The zero-order valence-electron chi connectivity index (χ0n) is 12.2. The van der Waals surface area contributed by atoms with Gasteiger partial charge < -0.3 is 14.0 Å². The van der Waals surface area contributed by atoms with Gasteiger partial charge in [0.05, 0.1) is 25.1 Å². The molecule has 1 aromatic carbocycles. The zero-order chi connectivity index (χ0) is 17.1. The normalized spacial score (nSPS) is 10.9. The number of alkyl halides is 2. The number of ether oxygens (including phenoxy) is 2. The van der Waals surface area contributed by atoms with E-state index in [-0.39, 0.29) is 23.1 Å². The summed E-state index contributed by atoms with van der Waals surface area (Å²) in [6, 6.07) is 4.83. The second kappa shape index (κ2) is 6.57. The standard InChI is InChI=1S/C15H10F3N3O3/c1-22-8-6-19-15(20-7-8)23-11-4-2-3-9(16)13(11)12-5-10(14(17)18)21-24-12/h2-7,14H,1H3. The Morgan fingerprint density at radius 1 is 1.17 bits per heavy atom. The molecule has 0 N–H and O–H groups in total. The summed E-state index contributed by atoms with van der Waals surface area (Å²) in [5.74, 6) is -0.499. The molecular formula is C15H10F3N3O3. The van der Waals surface area contributed by atoms with Gasteiger partial charge in [0.15, 0.2) is 11.5 Å². The lowest BCUT2D eigenvalue weighted by Gasteiger charge is -2.08. The molecule has 2 heterocycles. The fraction of sp³-hybridized carbons (Fsp3) is 0.133. The molecule has 0 fully saturated rings. The highest BCUT2D eigenvalue weighted by atomic mass is 19.3. The monoisotopic (exact) mass is 337 g/mol. The zero-order valence-corrected chi connectivity index (χ0v) is 12.2. The lowest BCUT2D eigenvalue weighted by molar-refractivity contribution is 0.140. The van der Waals surface area contributed by atoms with Crippen LogP contribution in [0.15, 0.2) is 41.2 Å². The molecule has 2 aromatic heterocycles. The molecule has 9 heteroatoms. The molecule has 0 aliphatic rings. The van der Waals surface area contributed by atoms with Gasteiger partial charge in [-0.2, -0.15) is 9.97 Å². The summed E-state index contributed by atoms with van der Waals surface area (Å²) in [4.78, 5) is 7.79. The molecule has 0 bridgehead atoms. The van der Waals surface area contributed by atoms with Crippen molar-refractivity contribution in [2.24, 2.45) is 0 Å². The molecule has 0 unspecified atom stereocenters. The van der Waals surface area contributed by atoms with Crippen molar-refractivity contribution in [3.05, 3.63) is 48.2 Å². The van der Waals surface area contributed by atoms with E-state index in [1.54, 1.807) is 0 Å². The minimum atomic E-state index is -2.83. The number of rotatable bonds is 5. The first-order chi connectivity index (χ1) is 11.6. The number of aromatic nitrogens is 3. The first-order valence-corrected chi connectivity index (χ1v) is 6.66. The van der Waals surface area contributed by atoms with Crippen molar-refractivity contribution in [2.75, 3.05) is 7.11 Å². The number of nitrogens with zero attached hydrogens (tertiary/aromatic N) is 3. The van der Waals surface area contributed by atoms with Crippen LogP contribution in [0.2, 0.25) is 0 Å². The average molecular weight is 337 g/mol. The third-order valence-corrected chi connectivity index (χ3v) is 3.02. The first-order valence-electron chi connectivity index (χ1n) is 6.66. The van der Waals surface area contributed by atoms with Gasteiger partial charge in [-0.1, -0.05) is 11.2 Å². The van der Waals surface area contributed by atoms with Gasteiger partial charge in [-0.05, 0) is 12.1 Å². The SMILES string of the molecule is COc1cnc(Oc2cccc(F)c2-c2cc(C(F)F)no2)nc1. The number of methoxy groups -OCH3 is 1. The molecule has 0 saturated heterocycles. The quantitative estimate of drug-likeness (QED) is 0.700. The van der Waals surface area contributed by atoms with Gasteiger partial charge in [-0.15, -0.1) is 0 Å². The van der Waals surface area contributed by atoms with Gasteiger partial charge in [-0.3, -0.25) is 0 Å². The van der Waals surface area contributed by atoms with Crippen LogP contribution in [-0.2, 0) is 0 Å². The van der Waals surface area contributed by atoms with Gasteiger partial charge in [0, 0.05) is 6.07 Å². The van der Waals surface area contributed by atoms with E-state index in [4.69, 9.17) is 14.0 Å². The van der Waals surface area contributed by atoms with Crippen LogP contribution in [0.3, 0.4) is 0 Å². The Morgan fingerprint density at radius 3 is 2.54 bits per heavy atom. The van der Waals surface area contributed by atoms with Gasteiger partial charge in [-0.25, -0.2) is 13.2 Å². The maximum Gasteiger partial charge on any atom is 0.322 e. The van der Waals surface area contributed by atoms with Gasteiger partial charge in [0.1, 0.15) is 17.3 Å². The smallest absolute Gasteiger partial charge is 0.322 e. The molecule has 0 atom stereocenters. The van der Waals surface area contributed by atoms with E-state index in [0.29, 0.717) is 5.75 Å². The van der Waals surface area contributed by atoms with E-state index in [9.17, 15) is 13.2 Å². The molecular weight excluding hydrogens is 327 g/mol. The van der Waals surface area contributed by atoms with E-state index in [1.165, 1.54) is 31.6 Å². The van der Waals surface area contributed by atoms with Crippen molar-refractivity contribution < 1.29 is 27.2 Å². The van der Waals surface area contributed by atoms with Gasteiger partial charge in [0.2, 0.25) is 0 Å². The number of benzene rings is 1. The summed E-state index contributed by atoms with van der Waals surface area (Å²) in [5, 5.41) is 3.21. The molecule has 3 rings (SSSR count). The van der Waals surface area contributed by atoms with Crippen LogP contribution in [-0.4, -0.2) is 22.2 Å². The highest BCUT2D eigenvalue weighted by Gasteiger charge is 2.21. The van der Waals surface area contributed by atoms with Crippen LogP contribution in [0, 0.1) is 5.82 Å². The van der Waals surface area contributed by atoms with Crippen molar-refractivity contribution in [3.63, 3.8) is 0 Å². The Morgan fingerprint density at radius 2 is 1.92 bits per heavy atom. The maximum absolute atomic E-state index is 14.2. The second-order valence-corrected chi connectivity index (χ2v) is 4.54. The molecule has 6 nitrogen and oxygen atoms in total. The minimum Gasteiger partial charge on any atom is -0.494 e. The molecule has 0 spiro atoms. The van der Waals surface area contributed by atoms with Gasteiger partial charge >= 0.3 is 6.01 Å². The van der Waals surface area contributed by atoms with Crippen LogP contribution in [0.5, 0.6) is 17.5 Å². The molecule has 0 aliphatic heterocycles. The van der Waals surface area contributed by atoms with E-state index in [2.05, 4.69) is 15.1 Å². The van der Waals surface area contributed by atoms with Crippen molar-refractivity contribution in [3.8, 4) is 28.8 Å². The second-order valence-electron chi connectivity index (χ2n) is 4.54. The maximum atomic E-state index is 14.2. The van der Waals surface area contributed by atoms with Crippen molar-refractivity contribution >= 4 is 0 Å². The lowest BCUT2D eigenvalue weighted by Crippen LogP contribution is -1.95. The Balaban J connectivity index is 1.97. The van der Waals surface area contributed by atoms with E-state index >= 15 is 0 Å². The molecule has 0 aliphatic carbocycles. The van der Waals surface area contributed by atoms with Crippen molar-refractivity contribution in [1.82, 2.24) is 15.1 Å². The largest absolute Gasteiger partial charge is 0.494 e. The topological polar surface area (TPSA) is 70.3 Å². The molecule has 0 amide bonds. The third kappa shape index (κ3) is 3.14. The van der Waals surface area contributed by atoms with Crippen LogP contribution in [0.1, 0.15) is 12.1 Å². The summed E-state index contributed by atoms with van der Waals surface area (Å²) in [5.41, 5.74) is -0.754. The number of hydrogen-bond acceptors (Lipinski definition) is 6. The molecule has 0 radical (unpaired) electrons. The molecule has 0 saturated carbocycles. The van der Waals surface area contributed by atoms with Crippen molar-refractivity contribution in [1.29, 1.82) is 0 Å². The molecule has 3 aromatic rings. The summed E-state index contributed by atoms with van der Waals surface area (Å²) in [6.45, 7) is 0. The van der Waals surface area contributed by atoms with Crippen LogP contribution in [0.4, 0.5) is 13.2 Å². The van der Waals surface area contributed by atoms with Gasteiger partial charge in [0.25, 0.3) is 6.43 Å². The first kappa shape index (κ1) is 15.8. The predicted octanol–water partition coefficient (Wildman–Crippen LogP) is 4.01. The van der Waals surface area contributed by atoms with Crippen LogP contribution < -0.4 is 9.47 Å². The fourth-order valence-electron chi connectivity index (χ4n) is 1.90. The van der Waals surface area contributed by atoms with E-state index in [1.807, 2.05) is 0 Å². The van der Waals surface area contributed by atoms with E-state index < -0.39 is 17.9 Å². The number of halogens is 3. The minimum absolute atomic E-state index is 0.00265. The Hall–Kier alpha value is -3.10.